The number of esters is 1. The fourth-order valence-corrected chi connectivity index (χ4v) is 9.85. The number of carbonyl (C=O) groups excluding carboxylic acids is 8. The molecule has 8 N–H and O–H groups in total. The minimum Gasteiger partial charge on any atom is -0.458 e. The third kappa shape index (κ3) is 11.1. The van der Waals surface area contributed by atoms with Gasteiger partial charge in [-0.3, -0.25) is 33.7 Å². The first-order valence-electron chi connectivity index (χ1n) is 24.7. The zero-order chi connectivity index (χ0) is 53.9. The quantitative estimate of drug-likeness (QED) is 0.0335. The van der Waals surface area contributed by atoms with Crippen molar-refractivity contribution in [2.45, 2.75) is 110 Å². The fraction of sp³-hybridized carbons (Fsp3) is 0.423. The Balaban J connectivity index is 0.902. The van der Waals surface area contributed by atoms with Crippen molar-refractivity contribution in [1.29, 1.82) is 0 Å². The van der Waals surface area contributed by atoms with Crippen LogP contribution in [0.25, 0.3) is 22.3 Å². The molecule has 0 fully saturated rings. The largest absolute Gasteiger partial charge is 0.458 e. The van der Waals surface area contributed by atoms with E-state index >= 15 is 4.39 Å². The lowest BCUT2D eigenvalue weighted by Gasteiger charge is -2.31. The first-order valence-corrected chi connectivity index (χ1v) is 24.7. The molecule has 0 saturated carbocycles. The SMILES string of the molecule is CC[C@@]1(O)C(=O)OCc2c1cc1n(c2=O)Cc2c-1nc1cc(F)c(C)c3c1c2[C@@H](NC(=O)OCc1ccc(NC(=O)C(CCCNC(N)=O)NC(=O)C(NC(=O)CCOCCN2C(=O)C=CC2=O)C(C)C)cc1)CC3. The van der Waals surface area contributed by atoms with Crippen LogP contribution in [0.4, 0.5) is 19.7 Å². The van der Waals surface area contributed by atoms with Gasteiger partial charge in [0.25, 0.3) is 17.4 Å². The molecular weight excluding hydrogens is 978 g/mol. The molecule has 5 heterocycles. The molecule has 2 aromatic carbocycles. The molecule has 8 amide bonds. The normalized spacial score (nSPS) is 17.9. The average molecular weight is 1040 g/mol. The molecule has 2 unspecified atom stereocenters. The Hall–Kier alpha value is -8.05. The Kier molecular flexibility index (Phi) is 15.8. The van der Waals surface area contributed by atoms with Crippen LogP contribution in [0.2, 0.25) is 0 Å². The molecule has 0 spiro atoms. The van der Waals surface area contributed by atoms with Crippen LogP contribution in [0.3, 0.4) is 0 Å². The number of anilines is 1. The van der Waals surface area contributed by atoms with Crippen molar-refractivity contribution >= 4 is 64.2 Å². The summed E-state index contributed by atoms with van der Waals surface area (Å²) in [7, 11) is 0. The number of cyclic esters (lactones) is 1. The molecule has 2 aromatic heterocycles. The van der Waals surface area contributed by atoms with E-state index in [1.807, 2.05) is 0 Å². The number of nitrogens with zero attached hydrogens (tertiary/aromatic N) is 3. The highest BCUT2D eigenvalue weighted by atomic mass is 19.1. The number of hydrogen-bond donors (Lipinski definition) is 7. The van der Waals surface area contributed by atoms with Gasteiger partial charge in [-0.2, -0.15) is 0 Å². The number of hydrogen-bond acceptors (Lipinski definition) is 14. The van der Waals surface area contributed by atoms with Crippen LogP contribution in [0.1, 0.15) is 97.9 Å². The third-order valence-electron chi connectivity index (χ3n) is 14.0. The standard InChI is InChI=1S/C52H58FN9O13/c1-5-52(72)33-21-38-45-31(23-62(38)48(68)32(33)25-74-49(52)69)43-35(13-12-30-27(4)34(53)22-37(57-45)42(30)43)59-51(71)75-24-28-8-10-29(11-9-28)56-46(66)36(7-6-17-55-50(54)70)58-47(67)44(26(2)3)60-39(63)16-19-73-20-18-61-40(64)14-15-41(61)65/h8-11,14-15,21-22,26,35-36,44,72H,5-7,12-13,16-20,23-25H2,1-4H3,(H,56,66)(H,58,67)(H,59,71)(H,60,63)(H3,54,55,70)/t35-,36?,44?,52-/m0/s1. The molecule has 3 aliphatic heterocycles. The van der Waals surface area contributed by atoms with Gasteiger partial charge in [0.05, 0.1) is 54.8 Å². The maximum atomic E-state index is 15.4. The predicted octanol–water partition coefficient (Wildman–Crippen LogP) is 2.79. The summed E-state index contributed by atoms with van der Waals surface area (Å²) in [5.41, 5.74) is 7.35. The number of halogens is 1. The van der Waals surface area contributed by atoms with Gasteiger partial charge in [0.15, 0.2) is 5.60 Å². The number of rotatable bonds is 20. The number of benzene rings is 2. The molecule has 8 rings (SSSR count). The number of carbonyl (C=O) groups is 8. The van der Waals surface area contributed by atoms with Crippen molar-refractivity contribution in [2.24, 2.45) is 11.7 Å². The van der Waals surface area contributed by atoms with Gasteiger partial charge in [-0.25, -0.2) is 23.8 Å². The number of aromatic nitrogens is 2. The highest BCUT2D eigenvalue weighted by Crippen LogP contribution is 2.46. The van der Waals surface area contributed by atoms with Gasteiger partial charge >= 0.3 is 18.1 Å². The molecule has 0 saturated heterocycles. The lowest BCUT2D eigenvalue weighted by atomic mass is 9.81. The molecule has 0 radical (unpaired) electrons. The van der Waals surface area contributed by atoms with E-state index in [4.69, 9.17) is 24.9 Å². The number of nitrogens with one attached hydrogen (secondary N) is 5. The van der Waals surface area contributed by atoms with Gasteiger partial charge in [-0.15, -0.1) is 0 Å². The Morgan fingerprint density at radius 2 is 1.72 bits per heavy atom. The number of amides is 8. The Morgan fingerprint density at radius 1 is 0.987 bits per heavy atom. The van der Waals surface area contributed by atoms with Gasteiger partial charge in [-0.05, 0) is 85.4 Å². The van der Waals surface area contributed by atoms with Crippen molar-refractivity contribution in [3.63, 3.8) is 0 Å². The molecule has 4 aliphatic rings. The molecule has 4 atom stereocenters. The van der Waals surface area contributed by atoms with E-state index in [2.05, 4.69) is 26.6 Å². The minimum atomic E-state index is -2.05. The van der Waals surface area contributed by atoms with Crippen LogP contribution in [0.5, 0.6) is 0 Å². The minimum absolute atomic E-state index is 0.0120. The number of aryl methyl sites for hydroxylation is 1. The molecular formula is C52H58FN9O13. The maximum absolute atomic E-state index is 15.4. The molecule has 396 valence electrons. The van der Waals surface area contributed by atoms with Crippen LogP contribution in [-0.4, -0.2) is 106 Å². The van der Waals surface area contributed by atoms with E-state index in [0.717, 1.165) is 22.6 Å². The molecule has 4 aromatic rings. The lowest BCUT2D eigenvalue weighted by molar-refractivity contribution is -0.172. The smallest absolute Gasteiger partial charge is 0.407 e. The zero-order valence-corrected chi connectivity index (χ0v) is 41.8. The predicted molar refractivity (Wildman–Crippen MR) is 265 cm³/mol. The van der Waals surface area contributed by atoms with E-state index in [0.29, 0.717) is 63.1 Å². The first kappa shape index (κ1) is 53.2. The van der Waals surface area contributed by atoms with Crippen LogP contribution in [0.15, 0.2) is 53.3 Å². The van der Waals surface area contributed by atoms with Crippen molar-refractivity contribution in [3.05, 3.63) is 104 Å². The summed E-state index contributed by atoms with van der Waals surface area (Å²) < 4.78 is 33.2. The van der Waals surface area contributed by atoms with Crippen LogP contribution >= 0.6 is 0 Å². The summed E-state index contributed by atoms with van der Waals surface area (Å²) in [4.78, 5) is 121. The summed E-state index contributed by atoms with van der Waals surface area (Å²) in [5, 5.41) is 25.6. The number of aliphatic hydroxyl groups is 1. The van der Waals surface area contributed by atoms with Crippen molar-refractivity contribution in [3.8, 4) is 11.4 Å². The number of primary amides is 1. The summed E-state index contributed by atoms with van der Waals surface area (Å²) in [6, 6.07) is 5.74. The van der Waals surface area contributed by atoms with E-state index in [-0.39, 0.29) is 82.9 Å². The van der Waals surface area contributed by atoms with Crippen molar-refractivity contribution in [1.82, 2.24) is 35.7 Å². The van der Waals surface area contributed by atoms with Gasteiger partial charge < -0.3 is 56.2 Å². The van der Waals surface area contributed by atoms with Crippen molar-refractivity contribution in [2.75, 3.05) is 31.6 Å². The van der Waals surface area contributed by atoms with Gasteiger partial charge in [0, 0.05) is 53.4 Å². The lowest BCUT2D eigenvalue weighted by Crippen LogP contribution is -2.54. The van der Waals surface area contributed by atoms with Gasteiger partial charge in [-0.1, -0.05) is 32.9 Å². The highest BCUT2D eigenvalue weighted by Gasteiger charge is 2.46. The van der Waals surface area contributed by atoms with Crippen LogP contribution in [0, 0.1) is 18.7 Å². The summed E-state index contributed by atoms with van der Waals surface area (Å²) in [6.45, 7) is 6.39. The molecule has 1 aliphatic carbocycles. The number of pyridine rings is 2. The van der Waals surface area contributed by atoms with Gasteiger partial charge in [0.1, 0.15) is 31.1 Å². The average Bonchev–Trinajstić information content (AvgIpc) is 3.95. The Morgan fingerprint density at radius 3 is 2.41 bits per heavy atom. The van der Waals surface area contributed by atoms with Crippen LogP contribution < -0.4 is 37.9 Å². The van der Waals surface area contributed by atoms with E-state index < -0.39 is 88.7 Å². The van der Waals surface area contributed by atoms with E-state index in [9.17, 15) is 48.3 Å². The topological polar surface area (TPSA) is 309 Å². The zero-order valence-electron chi connectivity index (χ0n) is 41.8. The number of urea groups is 1. The number of alkyl carbamates (subject to hydrolysis) is 1. The number of fused-ring (bicyclic) bond motifs is 5. The molecule has 75 heavy (non-hydrogen) atoms. The molecule has 22 nitrogen and oxygen atoms in total. The molecule has 0 bridgehead atoms. The maximum Gasteiger partial charge on any atom is 0.407 e. The second kappa shape index (κ2) is 22.2. The summed E-state index contributed by atoms with van der Waals surface area (Å²) in [5.74, 6) is -4.36. The second-order valence-electron chi connectivity index (χ2n) is 19.1. The first-order chi connectivity index (χ1) is 35.8. The Bertz CT molecular complexity index is 3080. The second-order valence-corrected chi connectivity index (χ2v) is 19.1. The number of imide groups is 1. The summed E-state index contributed by atoms with van der Waals surface area (Å²) in [6.07, 6.45) is 2.49. The number of nitrogens with two attached hydrogens (primary N) is 1. The molecule has 23 heteroatoms. The van der Waals surface area contributed by atoms with E-state index in [1.54, 1.807) is 58.0 Å². The van der Waals surface area contributed by atoms with Crippen LogP contribution in [-0.2, 0) is 74.8 Å². The number of ether oxygens (including phenoxy) is 3. The van der Waals surface area contributed by atoms with Gasteiger partial charge in [0.2, 0.25) is 17.7 Å². The monoisotopic (exact) mass is 1040 g/mol. The summed E-state index contributed by atoms with van der Waals surface area (Å²) >= 11 is 0. The Labute approximate surface area is 428 Å². The van der Waals surface area contributed by atoms with E-state index in [1.165, 1.54) is 10.6 Å². The van der Waals surface area contributed by atoms with Crippen molar-refractivity contribution < 1.29 is 62.1 Å². The third-order valence-corrected chi connectivity index (χ3v) is 14.0. The fourth-order valence-electron chi connectivity index (χ4n) is 9.85. The highest BCUT2D eigenvalue weighted by molar-refractivity contribution is 6.12.